The van der Waals surface area contributed by atoms with E-state index in [4.69, 9.17) is 4.98 Å². The Labute approximate surface area is 182 Å². The minimum atomic E-state index is -0.449. The molecule has 0 spiro atoms. The first kappa shape index (κ1) is 19.3. The van der Waals surface area contributed by atoms with Crippen molar-refractivity contribution in [2.45, 2.75) is 44.4 Å². The van der Waals surface area contributed by atoms with E-state index in [-0.39, 0.29) is 6.04 Å². The van der Waals surface area contributed by atoms with Crippen molar-refractivity contribution in [1.82, 2.24) is 29.4 Å². The van der Waals surface area contributed by atoms with Gasteiger partial charge in [-0.15, -0.1) is 0 Å². The number of aryl methyl sites for hydroxylation is 1. The highest BCUT2D eigenvalue weighted by Crippen LogP contribution is 2.37. The van der Waals surface area contributed by atoms with Gasteiger partial charge in [-0.1, -0.05) is 0 Å². The molecular formula is C22H21F2N7O. The second-order valence-corrected chi connectivity index (χ2v) is 8.36. The fourth-order valence-corrected chi connectivity index (χ4v) is 4.72. The number of fused-ring (bicyclic) bond motifs is 2. The van der Waals surface area contributed by atoms with Crippen molar-refractivity contribution in [3.8, 4) is 11.4 Å². The Morgan fingerprint density at radius 3 is 2.91 bits per heavy atom. The van der Waals surface area contributed by atoms with Crippen LogP contribution in [-0.2, 0) is 13.0 Å². The molecule has 0 aliphatic carbocycles. The Morgan fingerprint density at radius 1 is 1.09 bits per heavy atom. The van der Waals surface area contributed by atoms with Crippen LogP contribution in [-0.4, -0.2) is 47.1 Å². The molecule has 2 aliphatic heterocycles. The highest BCUT2D eigenvalue weighted by atomic mass is 19.1. The number of aliphatic hydroxyl groups is 1. The summed E-state index contributed by atoms with van der Waals surface area (Å²) in [4.78, 5) is 11.5. The smallest absolute Gasteiger partial charge is 0.186 e. The highest BCUT2D eigenvalue weighted by molar-refractivity contribution is 5.73. The number of benzene rings is 1. The predicted octanol–water partition coefficient (Wildman–Crippen LogP) is 2.91. The summed E-state index contributed by atoms with van der Waals surface area (Å²) in [5.41, 5.74) is 1.63. The molecule has 0 bridgehead atoms. The maximum Gasteiger partial charge on any atom is 0.186 e. The number of anilines is 1. The fourth-order valence-electron chi connectivity index (χ4n) is 4.72. The van der Waals surface area contributed by atoms with Crippen molar-refractivity contribution in [3.63, 3.8) is 0 Å². The standard InChI is InChI=1S/C22H21F2N7O/c23-13-3-5-17(24)15(10-13)18-2-1-8-29(18)19-7-9-30-22(27-19)16(11-25-30)21-26-20-6-4-14(32)12-31(20)28-21/h3,5,7,9-11,14,18,32H,1-2,4,6,8,12H2/t14?,18-/m1/s1. The molecule has 5 heterocycles. The van der Waals surface area contributed by atoms with Crippen LogP contribution in [0.5, 0.6) is 0 Å². The van der Waals surface area contributed by atoms with Crippen LogP contribution >= 0.6 is 0 Å². The van der Waals surface area contributed by atoms with E-state index >= 15 is 0 Å². The zero-order chi connectivity index (χ0) is 21.8. The highest BCUT2D eigenvalue weighted by Gasteiger charge is 2.30. The number of nitrogens with zero attached hydrogens (tertiary/aromatic N) is 7. The number of halogens is 2. The van der Waals surface area contributed by atoms with E-state index in [1.54, 1.807) is 21.6 Å². The van der Waals surface area contributed by atoms with Crippen molar-refractivity contribution < 1.29 is 13.9 Å². The van der Waals surface area contributed by atoms with Gasteiger partial charge in [0, 0.05) is 24.7 Å². The van der Waals surface area contributed by atoms with Gasteiger partial charge in [-0.2, -0.15) is 10.2 Å². The van der Waals surface area contributed by atoms with Crippen molar-refractivity contribution >= 4 is 11.5 Å². The summed E-state index contributed by atoms with van der Waals surface area (Å²) in [6.45, 7) is 1.12. The van der Waals surface area contributed by atoms with Crippen LogP contribution in [0.15, 0.2) is 36.7 Å². The summed E-state index contributed by atoms with van der Waals surface area (Å²) in [7, 11) is 0. The molecule has 32 heavy (non-hydrogen) atoms. The Hall–Kier alpha value is -3.40. The topological polar surface area (TPSA) is 84.4 Å². The normalized spacial score (nSPS) is 20.8. The molecule has 10 heteroatoms. The first-order valence-electron chi connectivity index (χ1n) is 10.7. The van der Waals surface area contributed by atoms with E-state index in [1.807, 2.05) is 11.0 Å². The minimum absolute atomic E-state index is 0.286. The molecule has 1 saturated heterocycles. The Kier molecular flexibility index (Phi) is 4.42. The summed E-state index contributed by atoms with van der Waals surface area (Å²) >= 11 is 0. The number of aliphatic hydroxyl groups excluding tert-OH is 1. The molecule has 6 rings (SSSR count). The molecular weight excluding hydrogens is 416 g/mol. The maximum atomic E-state index is 14.5. The number of hydrogen-bond acceptors (Lipinski definition) is 6. The quantitative estimate of drug-likeness (QED) is 0.531. The summed E-state index contributed by atoms with van der Waals surface area (Å²) in [5.74, 6) is 1.16. The average molecular weight is 437 g/mol. The van der Waals surface area contributed by atoms with Crippen LogP contribution in [0.3, 0.4) is 0 Å². The van der Waals surface area contributed by atoms with Gasteiger partial charge in [-0.05, 0) is 43.5 Å². The van der Waals surface area contributed by atoms with Crippen molar-refractivity contribution in [3.05, 3.63) is 59.7 Å². The lowest BCUT2D eigenvalue weighted by Crippen LogP contribution is -2.25. The van der Waals surface area contributed by atoms with E-state index in [0.717, 1.165) is 24.7 Å². The van der Waals surface area contributed by atoms with E-state index in [0.29, 0.717) is 54.3 Å². The van der Waals surface area contributed by atoms with Crippen LogP contribution in [0, 0.1) is 11.6 Å². The van der Waals surface area contributed by atoms with E-state index in [9.17, 15) is 13.9 Å². The minimum Gasteiger partial charge on any atom is -0.391 e. The summed E-state index contributed by atoms with van der Waals surface area (Å²) in [6, 6.07) is 5.13. The van der Waals surface area contributed by atoms with E-state index in [2.05, 4.69) is 15.2 Å². The molecule has 0 amide bonds. The van der Waals surface area contributed by atoms with Gasteiger partial charge < -0.3 is 10.0 Å². The lowest BCUT2D eigenvalue weighted by molar-refractivity contribution is 0.124. The molecule has 1 aromatic carbocycles. The van der Waals surface area contributed by atoms with Gasteiger partial charge in [0.15, 0.2) is 11.5 Å². The first-order valence-corrected chi connectivity index (χ1v) is 10.7. The predicted molar refractivity (Wildman–Crippen MR) is 112 cm³/mol. The van der Waals surface area contributed by atoms with Crippen molar-refractivity contribution in [2.75, 3.05) is 11.4 Å². The molecule has 0 radical (unpaired) electrons. The summed E-state index contributed by atoms with van der Waals surface area (Å²) in [6.07, 6.45) is 5.98. The van der Waals surface area contributed by atoms with Crippen LogP contribution < -0.4 is 4.90 Å². The molecule has 8 nitrogen and oxygen atoms in total. The molecule has 1 unspecified atom stereocenters. The molecule has 2 aliphatic rings. The number of rotatable bonds is 3. The monoisotopic (exact) mass is 437 g/mol. The van der Waals surface area contributed by atoms with Crippen LogP contribution in [0.4, 0.5) is 14.6 Å². The third kappa shape index (κ3) is 3.13. The molecule has 2 atom stereocenters. The Bertz CT molecular complexity index is 1320. The van der Waals surface area contributed by atoms with Gasteiger partial charge in [0.05, 0.1) is 30.5 Å². The molecule has 1 fully saturated rings. The van der Waals surface area contributed by atoms with Crippen LogP contribution in [0.2, 0.25) is 0 Å². The van der Waals surface area contributed by atoms with Gasteiger partial charge in [-0.25, -0.2) is 27.9 Å². The van der Waals surface area contributed by atoms with Crippen LogP contribution in [0.25, 0.3) is 17.0 Å². The Morgan fingerprint density at radius 2 is 2.00 bits per heavy atom. The zero-order valence-electron chi connectivity index (χ0n) is 17.2. The van der Waals surface area contributed by atoms with Gasteiger partial charge >= 0.3 is 0 Å². The number of aromatic nitrogens is 6. The van der Waals surface area contributed by atoms with Crippen molar-refractivity contribution in [2.24, 2.45) is 0 Å². The second kappa shape index (κ2) is 7.33. The molecule has 164 valence electrons. The fraction of sp³-hybridized carbons (Fsp3) is 0.364. The van der Waals surface area contributed by atoms with Crippen LogP contribution in [0.1, 0.15) is 36.7 Å². The summed E-state index contributed by atoms with van der Waals surface area (Å²) < 4.78 is 31.7. The molecule has 0 saturated carbocycles. The second-order valence-electron chi connectivity index (χ2n) is 8.36. The van der Waals surface area contributed by atoms with Gasteiger partial charge in [0.2, 0.25) is 0 Å². The van der Waals surface area contributed by atoms with Gasteiger partial charge in [-0.3, -0.25) is 0 Å². The van der Waals surface area contributed by atoms with E-state index < -0.39 is 17.7 Å². The SMILES string of the molecule is OC1CCc2nc(-c3cnn4ccc(N5CCC[C@@H]5c5cc(F)ccc5F)nc34)nn2C1. The lowest BCUT2D eigenvalue weighted by atomic mass is 10.0. The largest absolute Gasteiger partial charge is 0.391 e. The van der Waals surface area contributed by atoms with E-state index in [1.165, 1.54) is 12.1 Å². The van der Waals surface area contributed by atoms with Crippen molar-refractivity contribution in [1.29, 1.82) is 0 Å². The number of hydrogen-bond donors (Lipinski definition) is 1. The van der Waals surface area contributed by atoms with Gasteiger partial charge in [0.25, 0.3) is 0 Å². The average Bonchev–Trinajstić information content (AvgIpc) is 3.52. The molecule has 1 N–H and O–H groups in total. The summed E-state index contributed by atoms with van der Waals surface area (Å²) in [5, 5.41) is 18.8. The first-order chi connectivity index (χ1) is 15.6. The van der Waals surface area contributed by atoms with Gasteiger partial charge in [0.1, 0.15) is 23.3 Å². The maximum absolute atomic E-state index is 14.5. The zero-order valence-corrected chi connectivity index (χ0v) is 17.2. The third-order valence-electron chi connectivity index (χ3n) is 6.29. The molecule has 3 aromatic heterocycles. The molecule has 4 aromatic rings. The Balaban J connectivity index is 1.39. The third-order valence-corrected chi connectivity index (χ3v) is 6.29. The lowest BCUT2D eigenvalue weighted by Gasteiger charge is -2.26.